The van der Waals surface area contributed by atoms with Gasteiger partial charge in [-0.05, 0) is 51.4 Å². The fraction of sp³-hybridized carbons (Fsp3) is 0.944. The quantitative estimate of drug-likeness (QED) is 0.0838. The van der Waals surface area contributed by atoms with E-state index in [1.165, 1.54) is 116 Å². The zero-order valence-electron chi connectivity index (χ0n) is 27.3. The van der Waals surface area contributed by atoms with E-state index in [2.05, 4.69) is 20.8 Å². The normalized spacial score (nSPS) is 20.1. The van der Waals surface area contributed by atoms with E-state index in [1.807, 2.05) is 6.92 Å². The van der Waals surface area contributed by atoms with E-state index in [1.54, 1.807) is 0 Å². The summed E-state index contributed by atoms with van der Waals surface area (Å²) in [5.41, 5.74) is -0.880. The molecule has 0 bridgehead atoms. The van der Waals surface area contributed by atoms with Crippen LogP contribution in [0.2, 0.25) is 0 Å². The van der Waals surface area contributed by atoms with Crippen molar-refractivity contribution in [2.24, 2.45) is 17.3 Å². The predicted molar refractivity (Wildman–Crippen MR) is 170 cm³/mol. The topological polar surface area (TPSA) is 63.6 Å². The largest absolute Gasteiger partial charge is 0.481 e. The zero-order chi connectivity index (χ0) is 29.5. The molecule has 1 saturated carbocycles. The first kappa shape index (κ1) is 37.0. The van der Waals surface area contributed by atoms with Crippen molar-refractivity contribution in [1.29, 1.82) is 0 Å². The maximum absolute atomic E-state index is 13.3. The lowest BCUT2D eigenvalue weighted by atomic mass is 9.67. The number of hydrogen-bond acceptors (Lipinski definition) is 3. The van der Waals surface area contributed by atoms with Crippen molar-refractivity contribution in [2.75, 3.05) is 0 Å². The van der Waals surface area contributed by atoms with E-state index < -0.39 is 17.3 Å². The van der Waals surface area contributed by atoms with Crippen molar-refractivity contribution >= 4 is 11.9 Å². The molecule has 1 rings (SSSR count). The monoisotopic (exact) mass is 565 g/mol. The van der Waals surface area contributed by atoms with E-state index in [-0.39, 0.29) is 12.1 Å². The van der Waals surface area contributed by atoms with E-state index in [9.17, 15) is 14.7 Å². The number of carbonyl (C=O) groups is 2. The third-order valence-corrected chi connectivity index (χ3v) is 9.43. The van der Waals surface area contributed by atoms with Gasteiger partial charge in [0.05, 0.1) is 11.3 Å². The van der Waals surface area contributed by atoms with Crippen molar-refractivity contribution in [3.8, 4) is 0 Å². The van der Waals surface area contributed by atoms with Crippen molar-refractivity contribution < 1.29 is 19.4 Å². The van der Waals surface area contributed by atoms with Gasteiger partial charge in [-0.2, -0.15) is 0 Å². The SMILES string of the molecule is CCCCCCCCCCCCCCCCCC(CCCCCCC(C)C)OC(=O)C1(C)CCCCC1C(=O)O. The summed E-state index contributed by atoms with van der Waals surface area (Å²) in [6, 6.07) is 0. The molecule has 236 valence electrons. The van der Waals surface area contributed by atoms with E-state index in [0.717, 1.165) is 44.4 Å². The Balaban J connectivity index is 2.32. The Labute approximate surface area is 249 Å². The predicted octanol–water partition coefficient (Wildman–Crippen LogP) is 11.4. The molecule has 4 nitrogen and oxygen atoms in total. The Morgan fingerprint density at radius 1 is 0.700 bits per heavy atom. The molecule has 3 unspecified atom stereocenters. The molecule has 0 aromatic rings. The molecule has 0 spiro atoms. The minimum atomic E-state index is -0.880. The molecule has 0 aromatic heterocycles. The molecule has 0 aromatic carbocycles. The van der Waals surface area contributed by atoms with Crippen LogP contribution in [0.1, 0.15) is 195 Å². The van der Waals surface area contributed by atoms with Crippen LogP contribution in [0.5, 0.6) is 0 Å². The Morgan fingerprint density at radius 2 is 1.12 bits per heavy atom. The third kappa shape index (κ3) is 17.0. The standard InChI is InChI=1S/C36H68O4/c1-5-6-7-8-9-10-11-12-13-14-15-16-17-18-22-27-32(28-23-20-19-21-26-31(2)3)40-35(39)36(4)30-25-24-29-33(36)34(37)38/h31-33H,5-30H2,1-4H3,(H,37,38). The highest BCUT2D eigenvalue weighted by Gasteiger charge is 2.48. The molecule has 3 atom stereocenters. The van der Waals surface area contributed by atoms with Gasteiger partial charge in [-0.3, -0.25) is 9.59 Å². The molecule has 0 saturated heterocycles. The van der Waals surface area contributed by atoms with Gasteiger partial charge in [0, 0.05) is 0 Å². The van der Waals surface area contributed by atoms with Gasteiger partial charge in [0.2, 0.25) is 0 Å². The van der Waals surface area contributed by atoms with Crippen LogP contribution in [0.15, 0.2) is 0 Å². The first-order chi connectivity index (χ1) is 19.3. The van der Waals surface area contributed by atoms with E-state index in [0.29, 0.717) is 12.8 Å². The van der Waals surface area contributed by atoms with Crippen molar-refractivity contribution in [1.82, 2.24) is 0 Å². The maximum Gasteiger partial charge on any atom is 0.312 e. The van der Waals surface area contributed by atoms with Crippen LogP contribution < -0.4 is 0 Å². The number of unbranched alkanes of at least 4 members (excludes halogenated alkanes) is 17. The van der Waals surface area contributed by atoms with Crippen LogP contribution in [0, 0.1) is 17.3 Å². The van der Waals surface area contributed by atoms with Crippen LogP contribution in [-0.4, -0.2) is 23.1 Å². The molecule has 1 N–H and O–H groups in total. The molecule has 1 aliphatic carbocycles. The number of aliphatic carboxylic acids is 1. The van der Waals surface area contributed by atoms with Crippen molar-refractivity contribution in [3.05, 3.63) is 0 Å². The molecule has 0 amide bonds. The van der Waals surface area contributed by atoms with Gasteiger partial charge in [0.25, 0.3) is 0 Å². The second-order valence-electron chi connectivity index (χ2n) is 13.7. The van der Waals surface area contributed by atoms with E-state index in [4.69, 9.17) is 4.74 Å². The molecule has 40 heavy (non-hydrogen) atoms. The minimum Gasteiger partial charge on any atom is -0.481 e. The summed E-state index contributed by atoms with van der Waals surface area (Å²) < 4.78 is 6.14. The summed E-state index contributed by atoms with van der Waals surface area (Å²) in [5.74, 6) is -0.956. The Hall–Kier alpha value is -1.06. The maximum atomic E-state index is 13.3. The summed E-state index contributed by atoms with van der Waals surface area (Å²) in [6.07, 6.45) is 31.1. The lowest BCUT2D eigenvalue weighted by Gasteiger charge is -2.37. The minimum absolute atomic E-state index is 0.0623. The van der Waals surface area contributed by atoms with Gasteiger partial charge < -0.3 is 9.84 Å². The van der Waals surface area contributed by atoms with E-state index >= 15 is 0 Å². The number of carboxylic acids is 1. The number of rotatable bonds is 26. The number of carbonyl (C=O) groups excluding carboxylic acids is 1. The van der Waals surface area contributed by atoms with Crippen LogP contribution in [0.25, 0.3) is 0 Å². The van der Waals surface area contributed by atoms with Crippen molar-refractivity contribution in [3.63, 3.8) is 0 Å². The Morgan fingerprint density at radius 3 is 1.55 bits per heavy atom. The molecule has 0 heterocycles. The van der Waals surface area contributed by atoms with Crippen LogP contribution in [-0.2, 0) is 14.3 Å². The molecule has 1 aliphatic rings. The Kier molecular flexibility index (Phi) is 21.7. The molecule has 4 heteroatoms. The third-order valence-electron chi connectivity index (χ3n) is 9.43. The molecule has 0 aliphatic heterocycles. The van der Waals surface area contributed by atoms with Crippen LogP contribution >= 0.6 is 0 Å². The number of esters is 1. The average molecular weight is 565 g/mol. The van der Waals surface area contributed by atoms with Gasteiger partial charge in [-0.15, -0.1) is 0 Å². The van der Waals surface area contributed by atoms with Crippen LogP contribution in [0.3, 0.4) is 0 Å². The van der Waals surface area contributed by atoms with Gasteiger partial charge in [-0.25, -0.2) is 0 Å². The molecule has 0 radical (unpaired) electrons. The summed E-state index contributed by atoms with van der Waals surface area (Å²) in [7, 11) is 0. The first-order valence-corrected chi connectivity index (χ1v) is 17.7. The second-order valence-corrected chi connectivity index (χ2v) is 13.7. The van der Waals surface area contributed by atoms with Gasteiger partial charge in [0.1, 0.15) is 6.10 Å². The lowest BCUT2D eigenvalue weighted by molar-refractivity contribution is -0.174. The fourth-order valence-corrected chi connectivity index (χ4v) is 6.54. The highest BCUT2D eigenvalue weighted by Crippen LogP contribution is 2.42. The van der Waals surface area contributed by atoms with Crippen LogP contribution in [0.4, 0.5) is 0 Å². The number of ether oxygens (including phenoxy) is 1. The summed E-state index contributed by atoms with van der Waals surface area (Å²) in [4.78, 5) is 25.2. The lowest BCUT2D eigenvalue weighted by Crippen LogP contribution is -2.44. The highest BCUT2D eigenvalue weighted by molar-refractivity contribution is 5.84. The summed E-state index contributed by atoms with van der Waals surface area (Å²) in [6.45, 7) is 8.68. The second kappa shape index (κ2) is 23.5. The molecular weight excluding hydrogens is 496 g/mol. The first-order valence-electron chi connectivity index (χ1n) is 17.7. The molecule has 1 fully saturated rings. The summed E-state index contributed by atoms with van der Waals surface area (Å²) >= 11 is 0. The van der Waals surface area contributed by atoms with Gasteiger partial charge in [-0.1, -0.05) is 149 Å². The zero-order valence-corrected chi connectivity index (χ0v) is 27.3. The molecular formula is C36H68O4. The van der Waals surface area contributed by atoms with Crippen molar-refractivity contribution in [2.45, 2.75) is 201 Å². The van der Waals surface area contributed by atoms with Gasteiger partial charge in [0.15, 0.2) is 0 Å². The number of carboxylic acid groups (broad SMARTS) is 1. The average Bonchev–Trinajstić information content (AvgIpc) is 2.92. The highest BCUT2D eigenvalue weighted by atomic mass is 16.5. The smallest absolute Gasteiger partial charge is 0.312 e. The fourth-order valence-electron chi connectivity index (χ4n) is 6.54. The van der Waals surface area contributed by atoms with Gasteiger partial charge >= 0.3 is 11.9 Å². The Bertz CT molecular complexity index is 630. The number of hydrogen-bond donors (Lipinski definition) is 1. The summed E-state index contributed by atoms with van der Waals surface area (Å²) in [5, 5.41) is 9.76.